The summed E-state index contributed by atoms with van der Waals surface area (Å²) < 4.78 is 0. The lowest BCUT2D eigenvalue weighted by Crippen LogP contribution is -2.58. The van der Waals surface area contributed by atoms with Gasteiger partial charge in [-0.3, -0.25) is 9.80 Å². The lowest BCUT2D eigenvalue weighted by atomic mass is 9.95. The molecule has 1 unspecified atom stereocenters. The Hall–Kier alpha value is -0.970. The van der Waals surface area contributed by atoms with Crippen molar-refractivity contribution >= 4 is 17.2 Å². The molecular formula is C16H25N3S. The highest BCUT2D eigenvalue weighted by Crippen LogP contribution is 2.23. The monoisotopic (exact) mass is 291 g/mol. The van der Waals surface area contributed by atoms with E-state index >= 15 is 0 Å². The van der Waals surface area contributed by atoms with Gasteiger partial charge in [-0.05, 0) is 26.5 Å². The summed E-state index contributed by atoms with van der Waals surface area (Å²) in [5.74, 6) is 0.144. The number of piperazine rings is 1. The lowest BCUT2D eigenvalue weighted by Gasteiger charge is -2.46. The number of benzene rings is 1. The van der Waals surface area contributed by atoms with Crippen LogP contribution < -0.4 is 5.73 Å². The number of hydrogen-bond donors (Lipinski definition) is 1. The van der Waals surface area contributed by atoms with Crippen molar-refractivity contribution in [2.24, 2.45) is 5.73 Å². The van der Waals surface area contributed by atoms with E-state index in [1.54, 1.807) is 0 Å². The predicted molar refractivity (Wildman–Crippen MR) is 89.1 cm³/mol. The average molecular weight is 291 g/mol. The van der Waals surface area contributed by atoms with Gasteiger partial charge in [-0.15, -0.1) is 0 Å². The minimum atomic E-state index is 0.144. The van der Waals surface area contributed by atoms with Gasteiger partial charge in [-0.2, -0.15) is 0 Å². The molecule has 0 bridgehead atoms. The number of nitrogens with zero attached hydrogens (tertiary/aromatic N) is 2. The van der Waals surface area contributed by atoms with Crippen molar-refractivity contribution in [3.63, 3.8) is 0 Å². The molecule has 1 aliphatic heterocycles. The van der Waals surface area contributed by atoms with Crippen LogP contribution in [0.1, 0.15) is 25.3 Å². The second kappa shape index (κ2) is 6.20. The Labute approximate surface area is 127 Å². The normalized spacial score (nSPS) is 21.6. The number of likely N-dealkylation sites (N-methyl/N-ethyl adjacent to an activating group) is 1. The zero-order chi connectivity index (χ0) is 14.8. The third kappa shape index (κ3) is 3.57. The highest BCUT2D eigenvalue weighted by Gasteiger charge is 2.32. The fourth-order valence-electron chi connectivity index (χ4n) is 2.80. The van der Waals surface area contributed by atoms with Crippen molar-refractivity contribution in [1.29, 1.82) is 0 Å². The molecule has 0 radical (unpaired) electrons. The molecule has 110 valence electrons. The number of thiocarbonyl (C=S) groups is 1. The van der Waals surface area contributed by atoms with Crippen molar-refractivity contribution in [2.75, 3.05) is 33.2 Å². The Morgan fingerprint density at radius 3 is 2.50 bits per heavy atom. The Balaban J connectivity index is 2.08. The van der Waals surface area contributed by atoms with Crippen LogP contribution >= 0.6 is 12.2 Å². The van der Waals surface area contributed by atoms with E-state index in [1.165, 1.54) is 5.56 Å². The minimum absolute atomic E-state index is 0.144. The summed E-state index contributed by atoms with van der Waals surface area (Å²) in [6.07, 6.45) is 0. The fourth-order valence-corrected chi connectivity index (χ4v) is 3.01. The molecule has 20 heavy (non-hydrogen) atoms. The molecule has 0 saturated carbocycles. The van der Waals surface area contributed by atoms with E-state index < -0.39 is 0 Å². The average Bonchev–Trinajstić information content (AvgIpc) is 2.40. The molecule has 1 aliphatic rings. The van der Waals surface area contributed by atoms with E-state index in [0.717, 1.165) is 26.2 Å². The topological polar surface area (TPSA) is 32.5 Å². The van der Waals surface area contributed by atoms with E-state index in [1.807, 2.05) is 6.07 Å². The standard InChI is InChI=1S/C16H25N3S/c1-16(2)12-19(10-9-18(16)3)11-14(15(17)20)13-7-5-4-6-8-13/h4-8,14H,9-12H2,1-3H3,(H2,17,20). The summed E-state index contributed by atoms with van der Waals surface area (Å²) >= 11 is 5.29. The van der Waals surface area contributed by atoms with Crippen LogP contribution in [0.15, 0.2) is 30.3 Å². The third-order valence-corrected chi connectivity index (χ3v) is 4.67. The Morgan fingerprint density at radius 2 is 1.95 bits per heavy atom. The molecule has 1 saturated heterocycles. The van der Waals surface area contributed by atoms with Crippen LogP contribution in [0.3, 0.4) is 0 Å². The van der Waals surface area contributed by atoms with Gasteiger partial charge in [0, 0.05) is 37.6 Å². The zero-order valence-electron chi connectivity index (χ0n) is 12.7. The molecule has 2 rings (SSSR count). The van der Waals surface area contributed by atoms with E-state index in [-0.39, 0.29) is 11.5 Å². The molecule has 0 aliphatic carbocycles. The third-order valence-electron chi connectivity index (χ3n) is 4.38. The molecular weight excluding hydrogens is 266 g/mol. The van der Waals surface area contributed by atoms with E-state index in [2.05, 4.69) is 55.0 Å². The first-order chi connectivity index (χ1) is 9.40. The summed E-state index contributed by atoms with van der Waals surface area (Å²) in [4.78, 5) is 5.49. The molecule has 1 atom stereocenters. The summed E-state index contributed by atoms with van der Waals surface area (Å²) in [7, 11) is 2.19. The lowest BCUT2D eigenvalue weighted by molar-refractivity contribution is 0.0396. The SMILES string of the molecule is CN1CCN(CC(C(N)=S)c2ccccc2)CC1(C)C. The number of hydrogen-bond acceptors (Lipinski definition) is 3. The van der Waals surface area contributed by atoms with Gasteiger partial charge in [0.15, 0.2) is 0 Å². The van der Waals surface area contributed by atoms with Gasteiger partial charge in [-0.25, -0.2) is 0 Å². The van der Waals surface area contributed by atoms with Gasteiger partial charge < -0.3 is 5.73 Å². The van der Waals surface area contributed by atoms with Crippen LogP contribution in [0, 0.1) is 0 Å². The van der Waals surface area contributed by atoms with Crippen LogP contribution in [0.5, 0.6) is 0 Å². The van der Waals surface area contributed by atoms with Crippen molar-refractivity contribution in [3.8, 4) is 0 Å². The minimum Gasteiger partial charge on any atom is -0.393 e. The first-order valence-corrected chi connectivity index (χ1v) is 7.59. The van der Waals surface area contributed by atoms with Crippen molar-refractivity contribution < 1.29 is 0 Å². The molecule has 1 aromatic carbocycles. The van der Waals surface area contributed by atoms with Crippen LogP contribution in [-0.4, -0.2) is 53.6 Å². The van der Waals surface area contributed by atoms with Crippen molar-refractivity contribution in [2.45, 2.75) is 25.3 Å². The summed E-state index contributed by atoms with van der Waals surface area (Å²) in [6.45, 7) is 8.71. The van der Waals surface area contributed by atoms with E-state index in [4.69, 9.17) is 18.0 Å². The fraction of sp³-hybridized carbons (Fsp3) is 0.562. The zero-order valence-corrected chi connectivity index (χ0v) is 13.5. The Kier molecular flexibility index (Phi) is 4.78. The van der Waals surface area contributed by atoms with Gasteiger partial charge >= 0.3 is 0 Å². The van der Waals surface area contributed by atoms with Crippen LogP contribution in [-0.2, 0) is 0 Å². The Morgan fingerprint density at radius 1 is 1.30 bits per heavy atom. The van der Waals surface area contributed by atoms with Crippen molar-refractivity contribution in [3.05, 3.63) is 35.9 Å². The van der Waals surface area contributed by atoms with Gasteiger partial charge in [0.1, 0.15) is 0 Å². The molecule has 2 N–H and O–H groups in total. The van der Waals surface area contributed by atoms with Gasteiger partial charge in [0.05, 0.1) is 4.99 Å². The maximum Gasteiger partial charge on any atom is 0.0816 e. The first kappa shape index (κ1) is 15.4. The molecule has 0 aromatic heterocycles. The molecule has 1 fully saturated rings. The molecule has 1 aromatic rings. The van der Waals surface area contributed by atoms with Gasteiger partial charge in [0.25, 0.3) is 0 Å². The van der Waals surface area contributed by atoms with Crippen LogP contribution in [0.4, 0.5) is 0 Å². The molecule has 0 amide bonds. The Bertz CT molecular complexity index is 458. The van der Waals surface area contributed by atoms with Gasteiger partial charge in [0.2, 0.25) is 0 Å². The summed E-state index contributed by atoms with van der Waals surface area (Å²) in [6, 6.07) is 10.4. The molecule has 3 nitrogen and oxygen atoms in total. The first-order valence-electron chi connectivity index (χ1n) is 7.18. The highest BCUT2D eigenvalue weighted by atomic mass is 32.1. The summed E-state index contributed by atoms with van der Waals surface area (Å²) in [5.41, 5.74) is 7.40. The summed E-state index contributed by atoms with van der Waals surface area (Å²) in [5, 5.41) is 0. The van der Waals surface area contributed by atoms with Crippen LogP contribution in [0.25, 0.3) is 0 Å². The van der Waals surface area contributed by atoms with Gasteiger partial charge in [-0.1, -0.05) is 42.5 Å². The van der Waals surface area contributed by atoms with E-state index in [9.17, 15) is 0 Å². The maximum absolute atomic E-state index is 5.98. The number of rotatable bonds is 4. The van der Waals surface area contributed by atoms with Crippen molar-refractivity contribution in [1.82, 2.24) is 9.80 Å². The predicted octanol–water partition coefficient (Wildman–Crippen LogP) is 2.08. The molecule has 1 heterocycles. The maximum atomic E-state index is 5.98. The highest BCUT2D eigenvalue weighted by molar-refractivity contribution is 7.80. The second-order valence-electron chi connectivity index (χ2n) is 6.33. The molecule has 4 heteroatoms. The van der Waals surface area contributed by atoms with E-state index in [0.29, 0.717) is 4.99 Å². The largest absolute Gasteiger partial charge is 0.393 e. The smallest absolute Gasteiger partial charge is 0.0816 e. The molecule has 0 spiro atoms. The van der Waals surface area contributed by atoms with Crippen LogP contribution in [0.2, 0.25) is 0 Å². The second-order valence-corrected chi connectivity index (χ2v) is 6.81. The quantitative estimate of drug-likeness (QED) is 0.861. The number of nitrogens with two attached hydrogens (primary N) is 1.